The number of rotatable bonds is 5. The molecule has 0 aliphatic carbocycles. The number of nitrogens with one attached hydrogen (secondary N) is 1. The Bertz CT molecular complexity index is 849. The van der Waals surface area contributed by atoms with Crippen molar-refractivity contribution in [3.63, 3.8) is 0 Å². The first kappa shape index (κ1) is 18.9. The van der Waals surface area contributed by atoms with Crippen LogP contribution in [0.15, 0.2) is 69.1 Å². The molecule has 1 heterocycles. The Hall–Kier alpha value is -1.92. The second-order valence-corrected chi connectivity index (χ2v) is 8.04. The first-order valence-electron chi connectivity index (χ1n) is 8.43. The topological polar surface area (TPSA) is 53.8 Å². The first-order valence-corrected chi connectivity index (χ1v) is 10.2. The molecule has 0 fully saturated rings. The summed E-state index contributed by atoms with van der Waals surface area (Å²) in [6, 6.07) is 17.5. The summed E-state index contributed by atoms with van der Waals surface area (Å²) >= 11 is 4.82. The molecule has 1 N–H and O–H groups in total. The number of hydrogen-bond acceptors (Lipinski definition) is 4. The number of anilines is 1. The normalized spacial score (nSPS) is 19.0. The van der Waals surface area contributed by atoms with Crippen molar-refractivity contribution in [2.24, 2.45) is 9.98 Å². The molecule has 3 rings (SSSR count). The van der Waals surface area contributed by atoms with Gasteiger partial charge in [-0.1, -0.05) is 64.9 Å². The van der Waals surface area contributed by atoms with Gasteiger partial charge in [-0.25, -0.2) is 4.99 Å². The van der Waals surface area contributed by atoms with Crippen molar-refractivity contribution in [2.45, 2.75) is 25.9 Å². The lowest BCUT2D eigenvalue weighted by Crippen LogP contribution is -2.17. The molecule has 1 atom stereocenters. The molecule has 0 unspecified atom stereocenters. The maximum absolute atomic E-state index is 12.3. The molecule has 4 nitrogen and oxygen atoms in total. The predicted octanol–water partition coefficient (Wildman–Crippen LogP) is 5.15. The molecule has 0 bridgehead atoms. The summed E-state index contributed by atoms with van der Waals surface area (Å²) in [6.45, 7) is 4.09. The summed E-state index contributed by atoms with van der Waals surface area (Å²) in [7, 11) is 0. The zero-order valence-corrected chi connectivity index (χ0v) is 17.1. The van der Waals surface area contributed by atoms with Crippen LogP contribution in [0.2, 0.25) is 0 Å². The van der Waals surface area contributed by atoms with Crippen LogP contribution in [-0.4, -0.2) is 28.1 Å². The number of amides is 1. The Morgan fingerprint density at radius 3 is 2.46 bits per heavy atom. The average molecular weight is 430 g/mol. The van der Waals surface area contributed by atoms with Crippen molar-refractivity contribution in [1.82, 2.24) is 0 Å². The lowest BCUT2D eigenvalue weighted by molar-refractivity contribution is -0.113. The summed E-state index contributed by atoms with van der Waals surface area (Å²) in [6.07, 6.45) is 0.818. The second-order valence-electron chi connectivity index (χ2n) is 6.16. The fourth-order valence-electron chi connectivity index (χ4n) is 2.49. The van der Waals surface area contributed by atoms with Crippen LogP contribution in [0.1, 0.15) is 25.8 Å². The Labute approximate surface area is 166 Å². The number of nitrogens with zero attached hydrogens (tertiary/aromatic N) is 2. The van der Waals surface area contributed by atoms with E-state index in [9.17, 15) is 4.79 Å². The van der Waals surface area contributed by atoms with E-state index < -0.39 is 5.66 Å². The van der Waals surface area contributed by atoms with Crippen molar-refractivity contribution in [2.75, 3.05) is 11.1 Å². The SMILES string of the molecule is CC[C@]1(C)N=C(SCC(=O)Nc2ccc(Br)cc2)C(c2ccccc2)=N1. The van der Waals surface area contributed by atoms with E-state index in [0.29, 0.717) is 5.75 Å². The van der Waals surface area contributed by atoms with Gasteiger partial charge in [0.2, 0.25) is 5.91 Å². The Kier molecular flexibility index (Phi) is 5.94. The molecular weight excluding hydrogens is 410 g/mol. The molecule has 134 valence electrons. The van der Waals surface area contributed by atoms with Crippen molar-refractivity contribution in [3.8, 4) is 0 Å². The molecule has 1 aliphatic heterocycles. The zero-order valence-electron chi connectivity index (χ0n) is 14.7. The molecule has 2 aromatic carbocycles. The fourth-order valence-corrected chi connectivity index (χ4v) is 3.66. The van der Waals surface area contributed by atoms with Crippen molar-refractivity contribution < 1.29 is 4.79 Å². The van der Waals surface area contributed by atoms with Crippen LogP contribution >= 0.6 is 27.7 Å². The third-order valence-corrected chi connectivity index (χ3v) is 5.58. The van der Waals surface area contributed by atoms with E-state index in [0.717, 1.165) is 32.9 Å². The fraction of sp³-hybridized carbons (Fsp3) is 0.250. The van der Waals surface area contributed by atoms with E-state index >= 15 is 0 Å². The van der Waals surface area contributed by atoms with Gasteiger partial charge in [0.1, 0.15) is 10.7 Å². The molecule has 0 spiro atoms. The van der Waals surface area contributed by atoms with Gasteiger partial charge in [-0.05, 0) is 37.6 Å². The predicted molar refractivity (Wildman–Crippen MR) is 114 cm³/mol. The highest BCUT2D eigenvalue weighted by atomic mass is 79.9. The Morgan fingerprint density at radius 2 is 1.81 bits per heavy atom. The van der Waals surface area contributed by atoms with E-state index in [1.54, 1.807) is 0 Å². The molecule has 0 radical (unpaired) electrons. The first-order chi connectivity index (χ1) is 12.5. The second kappa shape index (κ2) is 8.18. The highest BCUT2D eigenvalue weighted by Gasteiger charge is 2.31. The summed E-state index contributed by atoms with van der Waals surface area (Å²) < 4.78 is 0.979. The van der Waals surface area contributed by atoms with Gasteiger partial charge in [-0.2, -0.15) is 0 Å². The van der Waals surface area contributed by atoms with E-state index in [4.69, 9.17) is 9.98 Å². The number of aliphatic imine (C=N–C) groups is 2. The summed E-state index contributed by atoms with van der Waals surface area (Å²) in [5.74, 6) is 0.234. The minimum absolute atomic E-state index is 0.0578. The number of carbonyl (C=O) groups excluding carboxylic acids is 1. The van der Waals surface area contributed by atoms with Crippen molar-refractivity contribution in [3.05, 3.63) is 64.6 Å². The maximum Gasteiger partial charge on any atom is 0.234 e. The van der Waals surface area contributed by atoms with E-state index in [2.05, 4.69) is 28.2 Å². The highest BCUT2D eigenvalue weighted by molar-refractivity contribution is 9.10. The molecule has 0 saturated heterocycles. The molecule has 2 aromatic rings. The van der Waals surface area contributed by atoms with Crippen LogP contribution in [0.25, 0.3) is 0 Å². The molecule has 6 heteroatoms. The molecule has 0 aromatic heterocycles. The number of carbonyl (C=O) groups is 1. The highest BCUT2D eigenvalue weighted by Crippen LogP contribution is 2.29. The van der Waals surface area contributed by atoms with Gasteiger partial charge in [-0.15, -0.1) is 0 Å². The standard InChI is InChI=1S/C20H20BrN3OS/c1-3-20(2)23-18(14-7-5-4-6-8-14)19(24-20)26-13-17(25)22-16-11-9-15(21)10-12-16/h4-12H,3,13H2,1-2H3,(H,22,25)/t20-/m0/s1. The number of hydrogen-bond donors (Lipinski definition) is 1. The Balaban J connectivity index is 1.69. The minimum atomic E-state index is -0.449. The summed E-state index contributed by atoms with van der Waals surface area (Å²) in [5.41, 5.74) is 2.23. The van der Waals surface area contributed by atoms with E-state index in [1.165, 1.54) is 11.8 Å². The van der Waals surface area contributed by atoms with Gasteiger partial charge >= 0.3 is 0 Å². The lowest BCUT2D eigenvalue weighted by atomic mass is 10.1. The molecule has 26 heavy (non-hydrogen) atoms. The zero-order chi connectivity index (χ0) is 18.6. The van der Waals surface area contributed by atoms with Crippen LogP contribution in [0.4, 0.5) is 5.69 Å². The van der Waals surface area contributed by atoms with Crippen molar-refractivity contribution in [1.29, 1.82) is 0 Å². The molecular formula is C20H20BrN3OS. The van der Waals surface area contributed by atoms with Gasteiger partial charge in [0, 0.05) is 15.7 Å². The summed E-state index contributed by atoms with van der Waals surface area (Å²) in [5, 5.41) is 3.73. The van der Waals surface area contributed by atoms with Gasteiger partial charge < -0.3 is 5.32 Å². The minimum Gasteiger partial charge on any atom is -0.325 e. The van der Waals surface area contributed by atoms with E-state index in [-0.39, 0.29) is 5.91 Å². The van der Waals surface area contributed by atoms with Gasteiger partial charge in [0.25, 0.3) is 0 Å². The Morgan fingerprint density at radius 1 is 1.12 bits per heavy atom. The molecule has 0 saturated carbocycles. The lowest BCUT2D eigenvalue weighted by Gasteiger charge is -2.13. The van der Waals surface area contributed by atoms with Crippen LogP contribution in [0, 0.1) is 0 Å². The van der Waals surface area contributed by atoms with Crippen LogP contribution < -0.4 is 5.32 Å². The van der Waals surface area contributed by atoms with Gasteiger partial charge in [0.05, 0.1) is 11.5 Å². The molecule has 1 amide bonds. The van der Waals surface area contributed by atoms with Crippen molar-refractivity contribution >= 4 is 50.0 Å². The monoisotopic (exact) mass is 429 g/mol. The number of halogens is 1. The van der Waals surface area contributed by atoms with Gasteiger partial charge in [-0.3, -0.25) is 9.79 Å². The quantitative estimate of drug-likeness (QED) is 0.714. The van der Waals surface area contributed by atoms with Crippen LogP contribution in [-0.2, 0) is 4.79 Å². The van der Waals surface area contributed by atoms with Crippen LogP contribution in [0.5, 0.6) is 0 Å². The third-order valence-electron chi connectivity index (χ3n) is 4.08. The maximum atomic E-state index is 12.3. The van der Waals surface area contributed by atoms with Gasteiger partial charge in [0.15, 0.2) is 0 Å². The molecule has 1 aliphatic rings. The van der Waals surface area contributed by atoms with Crippen LogP contribution in [0.3, 0.4) is 0 Å². The third kappa shape index (κ3) is 4.62. The number of thioether (sulfide) groups is 1. The number of benzene rings is 2. The smallest absolute Gasteiger partial charge is 0.234 e. The average Bonchev–Trinajstić information content (AvgIpc) is 3.00. The van der Waals surface area contributed by atoms with E-state index in [1.807, 2.05) is 61.5 Å². The summed E-state index contributed by atoms with van der Waals surface area (Å²) in [4.78, 5) is 21.9. The largest absolute Gasteiger partial charge is 0.325 e.